The summed E-state index contributed by atoms with van der Waals surface area (Å²) in [5.74, 6) is -0.211. The number of sulfone groups is 1. The number of rotatable bonds is 6. The number of aryl methyl sites for hydroxylation is 1. The lowest BCUT2D eigenvalue weighted by molar-refractivity contribution is 0.408. The van der Waals surface area contributed by atoms with E-state index in [4.69, 9.17) is 0 Å². The third-order valence-corrected chi connectivity index (χ3v) is 9.46. The van der Waals surface area contributed by atoms with Gasteiger partial charge in [-0.15, -0.1) is 0 Å². The molecule has 3 aromatic carbocycles. The quantitative estimate of drug-likeness (QED) is 0.556. The van der Waals surface area contributed by atoms with Gasteiger partial charge in [0.05, 0.1) is 15.5 Å². The minimum absolute atomic E-state index is 0.187. The van der Waals surface area contributed by atoms with E-state index >= 15 is 0 Å². The number of hydrogen-bond acceptors (Lipinski definition) is 4. The van der Waals surface area contributed by atoms with Crippen molar-refractivity contribution in [1.82, 2.24) is 4.31 Å². The number of benzene rings is 3. The van der Waals surface area contributed by atoms with Crippen LogP contribution in [0.5, 0.6) is 0 Å². The second-order valence-corrected chi connectivity index (χ2v) is 11.8. The van der Waals surface area contributed by atoms with Crippen LogP contribution in [0.15, 0.2) is 88.7 Å². The second-order valence-electron chi connectivity index (χ2n) is 7.90. The zero-order valence-electron chi connectivity index (χ0n) is 17.3. The zero-order chi connectivity index (χ0) is 22.1. The molecule has 5 nitrogen and oxygen atoms in total. The Kier molecular flexibility index (Phi) is 6.01. The molecule has 1 aliphatic rings. The predicted molar refractivity (Wildman–Crippen MR) is 122 cm³/mol. The van der Waals surface area contributed by atoms with Crippen LogP contribution in [0.3, 0.4) is 0 Å². The molecule has 1 aliphatic heterocycles. The van der Waals surface area contributed by atoms with Gasteiger partial charge in [-0.05, 0) is 55.2 Å². The highest BCUT2D eigenvalue weighted by atomic mass is 32.2. The van der Waals surface area contributed by atoms with E-state index in [9.17, 15) is 16.8 Å². The molecule has 0 radical (unpaired) electrons. The normalized spacial score (nSPS) is 17.6. The Morgan fingerprint density at radius 1 is 0.774 bits per heavy atom. The van der Waals surface area contributed by atoms with Crippen LogP contribution >= 0.6 is 0 Å². The monoisotopic (exact) mass is 455 g/mol. The summed E-state index contributed by atoms with van der Waals surface area (Å²) >= 11 is 0. The first-order valence-corrected chi connectivity index (χ1v) is 13.3. The molecule has 1 fully saturated rings. The summed E-state index contributed by atoms with van der Waals surface area (Å²) in [4.78, 5) is 0.411. The van der Waals surface area contributed by atoms with Crippen molar-refractivity contribution in [3.05, 3.63) is 84.4 Å². The molecular weight excluding hydrogens is 430 g/mol. The highest BCUT2D eigenvalue weighted by molar-refractivity contribution is 7.91. The van der Waals surface area contributed by atoms with Crippen molar-refractivity contribution in [1.29, 1.82) is 0 Å². The van der Waals surface area contributed by atoms with Crippen LogP contribution in [0.1, 0.15) is 18.4 Å². The maximum Gasteiger partial charge on any atom is 0.243 e. The Bertz CT molecular complexity index is 1250. The number of hydrogen-bond donors (Lipinski definition) is 0. The summed E-state index contributed by atoms with van der Waals surface area (Å²) in [5.41, 5.74) is 3.11. The maximum absolute atomic E-state index is 13.3. The van der Waals surface area contributed by atoms with Gasteiger partial charge in [0.1, 0.15) is 0 Å². The average molecular weight is 456 g/mol. The fourth-order valence-electron chi connectivity index (χ4n) is 3.97. The molecular formula is C24H25NO4S2. The first-order chi connectivity index (χ1) is 14.8. The van der Waals surface area contributed by atoms with E-state index in [1.165, 1.54) is 4.31 Å². The number of sulfonamides is 1. The summed E-state index contributed by atoms with van der Waals surface area (Å²) < 4.78 is 53.5. The summed E-state index contributed by atoms with van der Waals surface area (Å²) in [7, 11) is -7.35. The van der Waals surface area contributed by atoms with Crippen molar-refractivity contribution >= 4 is 19.9 Å². The van der Waals surface area contributed by atoms with Crippen LogP contribution in [0.2, 0.25) is 0 Å². The molecule has 0 bridgehead atoms. The lowest BCUT2D eigenvalue weighted by Gasteiger charge is -2.24. The van der Waals surface area contributed by atoms with Crippen LogP contribution in [-0.2, 0) is 19.9 Å². The van der Waals surface area contributed by atoms with E-state index in [-0.39, 0.29) is 15.5 Å². The molecule has 0 amide bonds. The summed E-state index contributed by atoms with van der Waals surface area (Å²) in [5, 5.41) is 0. The smallest absolute Gasteiger partial charge is 0.224 e. The van der Waals surface area contributed by atoms with Crippen LogP contribution in [0.4, 0.5) is 0 Å². The lowest BCUT2D eigenvalue weighted by Crippen LogP contribution is -2.39. The van der Waals surface area contributed by atoms with Gasteiger partial charge in [0, 0.05) is 12.6 Å². The Morgan fingerprint density at radius 2 is 1.35 bits per heavy atom. The van der Waals surface area contributed by atoms with Gasteiger partial charge in [0.2, 0.25) is 10.0 Å². The Labute approximate surface area is 184 Å². The fourth-order valence-corrected chi connectivity index (χ4v) is 7.37. The molecule has 7 heteroatoms. The molecule has 0 spiro atoms. The van der Waals surface area contributed by atoms with Gasteiger partial charge < -0.3 is 0 Å². The van der Waals surface area contributed by atoms with Crippen LogP contribution in [-0.4, -0.2) is 39.5 Å². The third kappa shape index (κ3) is 4.59. The standard InChI is InChI=1S/C24H25NO4S2/c1-19-9-11-20(12-10-19)21-13-15-24(16-14-21)31(28,29)25-17-5-6-22(25)18-30(26,27)23-7-3-2-4-8-23/h2-4,7-16,22H,5-6,17-18H2,1H3. The van der Waals surface area contributed by atoms with Gasteiger partial charge in [0.15, 0.2) is 9.84 Å². The van der Waals surface area contributed by atoms with Gasteiger partial charge in [-0.3, -0.25) is 0 Å². The molecule has 1 atom stereocenters. The molecule has 31 heavy (non-hydrogen) atoms. The molecule has 0 saturated carbocycles. The fraction of sp³-hybridized carbons (Fsp3) is 0.250. The van der Waals surface area contributed by atoms with E-state index in [1.54, 1.807) is 54.6 Å². The second kappa shape index (κ2) is 8.57. The molecule has 1 heterocycles. The van der Waals surface area contributed by atoms with Gasteiger partial charge in [-0.2, -0.15) is 4.31 Å². The minimum Gasteiger partial charge on any atom is -0.224 e. The first kappa shape index (κ1) is 21.7. The first-order valence-electron chi connectivity index (χ1n) is 10.2. The van der Waals surface area contributed by atoms with Gasteiger partial charge in [-0.25, -0.2) is 16.8 Å². The Morgan fingerprint density at radius 3 is 1.97 bits per heavy atom. The van der Waals surface area contributed by atoms with E-state index in [1.807, 2.05) is 31.2 Å². The molecule has 1 saturated heterocycles. The molecule has 1 unspecified atom stereocenters. The van der Waals surface area contributed by atoms with E-state index < -0.39 is 25.9 Å². The van der Waals surface area contributed by atoms with E-state index in [0.29, 0.717) is 19.4 Å². The molecule has 4 rings (SSSR count). The Hall–Kier alpha value is -2.48. The van der Waals surface area contributed by atoms with Gasteiger partial charge in [0.25, 0.3) is 0 Å². The van der Waals surface area contributed by atoms with Crippen LogP contribution in [0.25, 0.3) is 11.1 Å². The molecule has 162 valence electrons. The predicted octanol–water partition coefficient (Wildman–Crippen LogP) is 4.29. The van der Waals surface area contributed by atoms with Gasteiger partial charge in [-0.1, -0.05) is 60.2 Å². The summed E-state index contributed by atoms with van der Waals surface area (Å²) in [6.07, 6.45) is 1.18. The highest BCUT2D eigenvalue weighted by Gasteiger charge is 2.38. The van der Waals surface area contributed by atoms with Crippen molar-refractivity contribution in [3.8, 4) is 11.1 Å². The largest absolute Gasteiger partial charge is 0.243 e. The zero-order valence-corrected chi connectivity index (χ0v) is 18.9. The molecule has 0 aromatic heterocycles. The third-order valence-electron chi connectivity index (χ3n) is 5.68. The van der Waals surface area contributed by atoms with E-state index in [2.05, 4.69) is 0 Å². The Balaban J connectivity index is 1.57. The highest BCUT2D eigenvalue weighted by Crippen LogP contribution is 2.30. The topological polar surface area (TPSA) is 71.5 Å². The molecule has 3 aromatic rings. The van der Waals surface area contributed by atoms with Crippen molar-refractivity contribution in [3.63, 3.8) is 0 Å². The summed E-state index contributed by atoms with van der Waals surface area (Å²) in [6, 6.07) is 22.5. The van der Waals surface area contributed by atoms with Crippen LogP contribution in [0, 0.1) is 6.92 Å². The van der Waals surface area contributed by atoms with Crippen molar-refractivity contribution in [2.75, 3.05) is 12.3 Å². The molecule has 0 aliphatic carbocycles. The van der Waals surface area contributed by atoms with E-state index in [0.717, 1.165) is 16.7 Å². The van der Waals surface area contributed by atoms with Crippen LogP contribution < -0.4 is 0 Å². The van der Waals surface area contributed by atoms with Crippen molar-refractivity contribution in [2.24, 2.45) is 0 Å². The number of nitrogens with zero attached hydrogens (tertiary/aromatic N) is 1. The summed E-state index contributed by atoms with van der Waals surface area (Å²) in [6.45, 7) is 2.35. The molecule has 0 N–H and O–H groups in total. The maximum atomic E-state index is 13.3. The SMILES string of the molecule is Cc1ccc(-c2ccc(S(=O)(=O)N3CCCC3CS(=O)(=O)c3ccccc3)cc2)cc1. The van der Waals surface area contributed by atoms with Crippen molar-refractivity contribution in [2.45, 2.75) is 35.6 Å². The van der Waals surface area contributed by atoms with Crippen molar-refractivity contribution < 1.29 is 16.8 Å². The minimum atomic E-state index is -3.78. The average Bonchev–Trinajstić information content (AvgIpc) is 3.23. The lowest BCUT2D eigenvalue weighted by atomic mass is 10.0. The van der Waals surface area contributed by atoms with Gasteiger partial charge >= 0.3 is 0 Å².